The highest BCUT2D eigenvalue weighted by atomic mass is 32.1. The fourth-order valence-electron chi connectivity index (χ4n) is 1.80. The van der Waals surface area contributed by atoms with Gasteiger partial charge in [0.05, 0.1) is 0 Å². The molecule has 0 aliphatic carbocycles. The van der Waals surface area contributed by atoms with Crippen LogP contribution in [0.25, 0.3) is 0 Å². The lowest BCUT2D eigenvalue weighted by Crippen LogP contribution is -2.41. The Balaban J connectivity index is 2.33. The second kappa shape index (κ2) is 7.09. The van der Waals surface area contributed by atoms with Crippen LogP contribution < -0.4 is 10.6 Å². The van der Waals surface area contributed by atoms with E-state index in [-0.39, 0.29) is 18.2 Å². The maximum absolute atomic E-state index is 11.6. The number of aryl methyl sites for hydroxylation is 1. The zero-order chi connectivity index (χ0) is 15.3. The highest BCUT2D eigenvalue weighted by Crippen LogP contribution is 2.22. The number of ether oxygens (including phenoxy) is 1. The van der Waals surface area contributed by atoms with E-state index in [9.17, 15) is 4.79 Å². The molecule has 0 saturated heterocycles. The fourth-order valence-corrected chi connectivity index (χ4v) is 2.69. The number of carbonyl (C=O) groups is 1. The van der Waals surface area contributed by atoms with Crippen LogP contribution in [0.1, 0.15) is 50.4 Å². The van der Waals surface area contributed by atoms with Gasteiger partial charge in [0.1, 0.15) is 5.60 Å². The summed E-state index contributed by atoms with van der Waals surface area (Å²) < 4.78 is 5.21. The Labute approximate surface area is 125 Å². The van der Waals surface area contributed by atoms with E-state index in [1.807, 2.05) is 27.7 Å². The van der Waals surface area contributed by atoms with E-state index < -0.39 is 5.60 Å². The van der Waals surface area contributed by atoms with Gasteiger partial charge in [-0.2, -0.15) is 0 Å². The van der Waals surface area contributed by atoms with Gasteiger partial charge < -0.3 is 15.4 Å². The van der Waals surface area contributed by atoms with Gasteiger partial charge in [-0.3, -0.25) is 0 Å². The summed E-state index contributed by atoms with van der Waals surface area (Å²) in [5, 5.41) is 6.25. The van der Waals surface area contributed by atoms with Crippen LogP contribution in [0.5, 0.6) is 0 Å². The number of hydrogen-bond acceptors (Lipinski definition) is 4. The lowest BCUT2D eigenvalue weighted by atomic mass is 10.2. The molecule has 1 heterocycles. The number of rotatable bonds is 5. The first kappa shape index (κ1) is 17.0. The van der Waals surface area contributed by atoms with Crippen LogP contribution in [0, 0.1) is 6.92 Å². The first-order valence-electron chi connectivity index (χ1n) is 6.96. The summed E-state index contributed by atoms with van der Waals surface area (Å²) in [7, 11) is 0. The summed E-state index contributed by atoms with van der Waals surface area (Å²) >= 11 is 1.80. The third-order valence-corrected chi connectivity index (χ3v) is 3.86. The lowest BCUT2D eigenvalue weighted by molar-refractivity contribution is 0.0522. The molecule has 4 nitrogen and oxygen atoms in total. The Hall–Kier alpha value is -1.07. The highest BCUT2D eigenvalue weighted by Gasteiger charge is 2.17. The minimum Gasteiger partial charge on any atom is -0.444 e. The van der Waals surface area contributed by atoms with Gasteiger partial charge in [-0.15, -0.1) is 11.3 Å². The Kier molecular flexibility index (Phi) is 6.02. The summed E-state index contributed by atoms with van der Waals surface area (Å²) in [6, 6.07) is 4.73. The van der Waals surface area contributed by atoms with Crippen molar-refractivity contribution in [1.29, 1.82) is 0 Å². The van der Waals surface area contributed by atoms with Crippen molar-refractivity contribution in [3.8, 4) is 0 Å². The molecule has 2 unspecified atom stereocenters. The van der Waals surface area contributed by atoms with Crippen molar-refractivity contribution < 1.29 is 9.53 Å². The van der Waals surface area contributed by atoms with E-state index in [0.29, 0.717) is 6.54 Å². The van der Waals surface area contributed by atoms with Gasteiger partial charge in [0.2, 0.25) is 0 Å². The van der Waals surface area contributed by atoms with Crippen LogP contribution in [0.15, 0.2) is 12.1 Å². The van der Waals surface area contributed by atoms with Crippen molar-refractivity contribution in [2.45, 2.75) is 59.2 Å². The van der Waals surface area contributed by atoms with E-state index in [0.717, 1.165) is 0 Å². The standard InChI is InChI=1S/C15H26N2O2S/c1-10(9-16-14(18)19-15(4,5)6)17-12(3)13-8-7-11(2)20-13/h7-8,10,12,17H,9H2,1-6H3,(H,16,18). The van der Waals surface area contributed by atoms with Gasteiger partial charge in [0.25, 0.3) is 0 Å². The second-order valence-electron chi connectivity index (χ2n) is 6.12. The molecule has 1 amide bonds. The van der Waals surface area contributed by atoms with E-state index in [1.165, 1.54) is 9.75 Å². The van der Waals surface area contributed by atoms with Gasteiger partial charge >= 0.3 is 6.09 Å². The quantitative estimate of drug-likeness (QED) is 0.873. The number of thiophene rings is 1. The predicted molar refractivity (Wildman–Crippen MR) is 84.3 cm³/mol. The Morgan fingerprint density at radius 3 is 2.50 bits per heavy atom. The lowest BCUT2D eigenvalue weighted by Gasteiger charge is -2.22. The molecule has 0 aromatic carbocycles. The average molecular weight is 298 g/mol. The van der Waals surface area contributed by atoms with Crippen LogP contribution >= 0.6 is 11.3 Å². The van der Waals surface area contributed by atoms with Gasteiger partial charge in [-0.05, 0) is 53.7 Å². The maximum atomic E-state index is 11.6. The molecule has 0 saturated carbocycles. The van der Waals surface area contributed by atoms with Crippen molar-refractivity contribution in [3.05, 3.63) is 21.9 Å². The fraction of sp³-hybridized carbons (Fsp3) is 0.667. The number of hydrogen-bond donors (Lipinski definition) is 2. The average Bonchev–Trinajstić information content (AvgIpc) is 2.71. The Bertz CT molecular complexity index is 437. The van der Waals surface area contributed by atoms with Crippen molar-refractivity contribution in [1.82, 2.24) is 10.6 Å². The molecule has 0 radical (unpaired) electrons. The zero-order valence-electron chi connectivity index (χ0n) is 13.2. The molecular formula is C15H26N2O2S. The molecular weight excluding hydrogens is 272 g/mol. The largest absolute Gasteiger partial charge is 0.444 e. The molecule has 0 fully saturated rings. The SMILES string of the molecule is Cc1ccc(C(C)NC(C)CNC(=O)OC(C)(C)C)s1. The number of nitrogens with one attached hydrogen (secondary N) is 2. The first-order valence-corrected chi connectivity index (χ1v) is 7.78. The molecule has 2 N–H and O–H groups in total. The van der Waals surface area contributed by atoms with Crippen LogP contribution in [-0.2, 0) is 4.74 Å². The zero-order valence-corrected chi connectivity index (χ0v) is 14.1. The normalized spacial score (nSPS) is 14.7. The first-order chi connectivity index (χ1) is 9.17. The topological polar surface area (TPSA) is 50.4 Å². The smallest absolute Gasteiger partial charge is 0.407 e. The van der Waals surface area contributed by atoms with E-state index in [4.69, 9.17) is 4.74 Å². The van der Waals surface area contributed by atoms with E-state index in [2.05, 4.69) is 36.6 Å². The number of amides is 1. The van der Waals surface area contributed by atoms with Crippen LogP contribution in [0.3, 0.4) is 0 Å². The van der Waals surface area contributed by atoms with Gasteiger partial charge in [-0.25, -0.2) is 4.79 Å². The van der Waals surface area contributed by atoms with Gasteiger partial charge in [-0.1, -0.05) is 0 Å². The molecule has 0 spiro atoms. The van der Waals surface area contributed by atoms with Crippen molar-refractivity contribution in [2.24, 2.45) is 0 Å². The molecule has 2 atom stereocenters. The summed E-state index contributed by atoms with van der Waals surface area (Å²) in [5.74, 6) is 0. The van der Waals surface area contributed by atoms with E-state index in [1.54, 1.807) is 11.3 Å². The predicted octanol–water partition coefficient (Wildman–Crippen LogP) is 3.62. The van der Waals surface area contributed by atoms with Gasteiger partial charge in [0, 0.05) is 28.4 Å². The molecule has 114 valence electrons. The summed E-state index contributed by atoms with van der Waals surface area (Å²) in [6.45, 7) is 12.4. The monoisotopic (exact) mass is 298 g/mol. The van der Waals surface area contributed by atoms with E-state index >= 15 is 0 Å². The summed E-state index contributed by atoms with van der Waals surface area (Å²) in [4.78, 5) is 14.2. The number of carbonyl (C=O) groups excluding carboxylic acids is 1. The molecule has 5 heteroatoms. The molecule has 0 bridgehead atoms. The third kappa shape index (κ3) is 6.39. The minimum atomic E-state index is -0.456. The highest BCUT2D eigenvalue weighted by molar-refractivity contribution is 7.12. The van der Waals surface area contributed by atoms with Crippen molar-refractivity contribution in [3.63, 3.8) is 0 Å². The second-order valence-corrected chi connectivity index (χ2v) is 7.44. The van der Waals surface area contributed by atoms with Crippen LogP contribution in [0.2, 0.25) is 0 Å². The Morgan fingerprint density at radius 1 is 1.35 bits per heavy atom. The summed E-state index contributed by atoms with van der Waals surface area (Å²) in [6.07, 6.45) is -0.370. The Morgan fingerprint density at radius 2 is 2.00 bits per heavy atom. The molecule has 1 aromatic heterocycles. The molecule has 1 rings (SSSR count). The van der Waals surface area contributed by atoms with Crippen molar-refractivity contribution >= 4 is 17.4 Å². The summed E-state index contributed by atoms with van der Waals surface area (Å²) in [5.41, 5.74) is -0.456. The molecule has 0 aliphatic heterocycles. The molecule has 0 aliphatic rings. The maximum Gasteiger partial charge on any atom is 0.407 e. The molecule has 1 aromatic rings. The van der Waals surface area contributed by atoms with Crippen molar-refractivity contribution in [2.75, 3.05) is 6.54 Å². The van der Waals surface area contributed by atoms with Gasteiger partial charge in [0.15, 0.2) is 0 Å². The number of alkyl carbamates (subject to hydrolysis) is 1. The third-order valence-electron chi connectivity index (χ3n) is 2.67. The van der Waals surface area contributed by atoms with Crippen LogP contribution in [-0.4, -0.2) is 24.3 Å². The molecule has 20 heavy (non-hydrogen) atoms. The minimum absolute atomic E-state index is 0.180. The van der Waals surface area contributed by atoms with Crippen LogP contribution in [0.4, 0.5) is 4.79 Å².